The van der Waals surface area contributed by atoms with Crippen molar-refractivity contribution in [2.75, 3.05) is 10.6 Å². The maximum atomic E-state index is 11.0. The fourth-order valence-electron chi connectivity index (χ4n) is 1.40. The van der Waals surface area contributed by atoms with Crippen molar-refractivity contribution < 1.29 is 9.59 Å². The molecular weight excluding hydrogens is 236 g/mol. The molecule has 0 spiro atoms. The molecule has 0 bridgehead atoms. The Morgan fingerprint density at radius 1 is 0.833 bits per heavy atom. The van der Waals surface area contributed by atoms with Gasteiger partial charge in [-0.2, -0.15) is 0 Å². The fourth-order valence-corrected chi connectivity index (χ4v) is 1.40. The van der Waals surface area contributed by atoms with Gasteiger partial charge in [-0.3, -0.25) is 9.59 Å². The summed E-state index contributed by atoms with van der Waals surface area (Å²) in [7, 11) is 0. The lowest BCUT2D eigenvalue weighted by molar-refractivity contribution is -0.115. The van der Waals surface area contributed by atoms with E-state index >= 15 is 0 Å². The molecule has 18 heavy (non-hydrogen) atoms. The molecule has 8 heteroatoms. The zero-order valence-electron chi connectivity index (χ0n) is 9.76. The second-order valence-corrected chi connectivity index (χ2v) is 3.50. The van der Waals surface area contributed by atoms with Crippen LogP contribution in [0.1, 0.15) is 13.8 Å². The van der Waals surface area contributed by atoms with E-state index in [0.717, 1.165) is 0 Å². The zero-order chi connectivity index (χ0) is 13.1. The third-order valence-electron chi connectivity index (χ3n) is 2.01. The number of hydrogen-bond donors (Lipinski definition) is 2. The molecule has 2 amide bonds. The summed E-state index contributed by atoms with van der Waals surface area (Å²) in [6.45, 7) is 2.73. The summed E-state index contributed by atoms with van der Waals surface area (Å²) < 4.78 is 0. The Kier molecular flexibility index (Phi) is 3.09. The number of nitrogens with one attached hydrogen (secondary N) is 2. The molecule has 2 N–H and O–H groups in total. The molecule has 0 radical (unpaired) electrons. The number of carbonyl (C=O) groups excluding carboxylic acids is 2. The first kappa shape index (κ1) is 11.8. The number of fused-ring (bicyclic) bond motifs is 1. The van der Waals surface area contributed by atoms with Crippen molar-refractivity contribution in [3.8, 4) is 0 Å². The normalized spacial score (nSPS) is 10.1. The molecule has 0 unspecified atom stereocenters. The van der Waals surface area contributed by atoms with Crippen molar-refractivity contribution in [2.24, 2.45) is 0 Å². The van der Waals surface area contributed by atoms with Crippen molar-refractivity contribution in [1.29, 1.82) is 0 Å². The summed E-state index contributed by atoms with van der Waals surface area (Å²) in [6, 6.07) is 0. The van der Waals surface area contributed by atoms with E-state index in [1.54, 1.807) is 0 Å². The molecule has 8 nitrogen and oxygen atoms in total. The van der Waals surface area contributed by atoms with Gasteiger partial charge in [-0.05, 0) is 0 Å². The number of aromatic nitrogens is 4. The number of carbonyl (C=O) groups is 2. The minimum Gasteiger partial charge on any atom is -0.309 e. The predicted molar refractivity (Wildman–Crippen MR) is 63.7 cm³/mol. The Bertz CT molecular complexity index is 572. The number of anilines is 2. The van der Waals surface area contributed by atoms with Crippen LogP contribution in [0.25, 0.3) is 11.0 Å². The van der Waals surface area contributed by atoms with Crippen LogP contribution in [0.15, 0.2) is 12.7 Å². The van der Waals surface area contributed by atoms with Crippen LogP contribution < -0.4 is 10.6 Å². The summed E-state index contributed by atoms with van der Waals surface area (Å²) in [6.07, 6.45) is 2.53. The highest BCUT2D eigenvalue weighted by molar-refractivity contribution is 6.02. The highest BCUT2D eigenvalue weighted by atomic mass is 16.2. The minimum atomic E-state index is -0.269. The van der Waals surface area contributed by atoms with Crippen molar-refractivity contribution >= 4 is 34.5 Å². The largest absolute Gasteiger partial charge is 0.309 e. The highest BCUT2D eigenvalue weighted by Crippen LogP contribution is 2.21. The predicted octanol–water partition coefficient (Wildman–Crippen LogP) is 0.337. The van der Waals surface area contributed by atoms with E-state index in [0.29, 0.717) is 11.0 Å². The van der Waals surface area contributed by atoms with Crippen LogP contribution in [-0.4, -0.2) is 31.8 Å². The van der Waals surface area contributed by atoms with E-state index in [1.807, 2.05) is 0 Å². The van der Waals surface area contributed by atoms with Gasteiger partial charge in [0.1, 0.15) is 23.7 Å². The molecule has 0 saturated carbocycles. The molecule has 2 heterocycles. The van der Waals surface area contributed by atoms with Gasteiger partial charge in [0.25, 0.3) is 0 Å². The topological polar surface area (TPSA) is 110 Å². The van der Waals surface area contributed by atoms with Crippen LogP contribution in [0.5, 0.6) is 0 Å². The summed E-state index contributed by atoms with van der Waals surface area (Å²) in [5.74, 6) is 0.0207. The number of amides is 2. The average Bonchev–Trinajstić information content (AvgIpc) is 2.29. The SMILES string of the molecule is CC(=O)Nc1ncnc2c(NC(C)=O)ncnc12. The molecule has 0 atom stereocenters. The third kappa shape index (κ3) is 2.37. The lowest BCUT2D eigenvalue weighted by Crippen LogP contribution is -2.11. The van der Waals surface area contributed by atoms with Crippen molar-refractivity contribution in [1.82, 2.24) is 19.9 Å². The van der Waals surface area contributed by atoms with E-state index in [1.165, 1.54) is 26.5 Å². The second kappa shape index (κ2) is 4.70. The highest BCUT2D eigenvalue weighted by Gasteiger charge is 2.11. The van der Waals surface area contributed by atoms with Crippen LogP contribution in [0, 0.1) is 0 Å². The van der Waals surface area contributed by atoms with Gasteiger partial charge < -0.3 is 10.6 Å². The Labute approximate surface area is 102 Å². The Hall–Kier alpha value is -2.64. The molecular formula is C10H10N6O2. The van der Waals surface area contributed by atoms with Crippen LogP contribution >= 0.6 is 0 Å². The van der Waals surface area contributed by atoms with Crippen LogP contribution in [-0.2, 0) is 9.59 Å². The van der Waals surface area contributed by atoms with Crippen LogP contribution in [0.4, 0.5) is 11.6 Å². The Balaban J connectivity index is 2.57. The lowest BCUT2D eigenvalue weighted by atomic mass is 10.3. The van der Waals surface area contributed by atoms with Gasteiger partial charge in [0.05, 0.1) is 0 Å². The molecule has 0 aliphatic rings. The van der Waals surface area contributed by atoms with E-state index in [2.05, 4.69) is 30.6 Å². The lowest BCUT2D eigenvalue weighted by Gasteiger charge is -2.07. The van der Waals surface area contributed by atoms with Crippen LogP contribution in [0.3, 0.4) is 0 Å². The summed E-state index contributed by atoms with van der Waals surface area (Å²) in [5.41, 5.74) is 0.734. The second-order valence-electron chi connectivity index (χ2n) is 3.50. The standard InChI is InChI=1S/C10H10N6O2/c1-5(17)15-9-7-8(12-3-13-9)10(14-4-11-7)16-6(2)18/h3-4H,1-2H3,(H,12,13,15,17)(H,11,14,16,18). The molecule has 92 valence electrons. The first-order chi connectivity index (χ1) is 8.58. The van der Waals surface area contributed by atoms with E-state index in [-0.39, 0.29) is 23.5 Å². The maximum Gasteiger partial charge on any atom is 0.222 e. The maximum absolute atomic E-state index is 11.0. The van der Waals surface area contributed by atoms with Gasteiger partial charge in [-0.1, -0.05) is 0 Å². The quantitative estimate of drug-likeness (QED) is 0.790. The molecule has 2 rings (SSSR count). The van der Waals surface area contributed by atoms with Gasteiger partial charge in [0.2, 0.25) is 11.8 Å². The fraction of sp³-hybridized carbons (Fsp3) is 0.200. The minimum absolute atomic E-state index is 0.269. The van der Waals surface area contributed by atoms with Gasteiger partial charge >= 0.3 is 0 Å². The average molecular weight is 246 g/mol. The molecule has 0 aliphatic heterocycles. The summed E-state index contributed by atoms with van der Waals surface area (Å²) in [4.78, 5) is 37.9. The van der Waals surface area contributed by atoms with E-state index in [4.69, 9.17) is 0 Å². The van der Waals surface area contributed by atoms with Gasteiger partial charge in [0, 0.05) is 13.8 Å². The van der Waals surface area contributed by atoms with E-state index < -0.39 is 0 Å². The van der Waals surface area contributed by atoms with Crippen LogP contribution in [0.2, 0.25) is 0 Å². The molecule has 0 saturated heterocycles. The van der Waals surface area contributed by atoms with Crippen molar-refractivity contribution in [3.63, 3.8) is 0 Å². The zero-order valence-corrected chi connectivity index (χ0v) is 9.76. The molecule has 2 aromatic rings. The summed E-state index contributed by atoms with van der Waals surface area (Å²) in [5, 5.41) is 5.07. The van der Waals surface area contributed by atoms with Crippen molar-refractivity contribution in [3.05, 3.63) is 12.7 Å². The first-order valence-electron chi connectivity index (χ1n) is 5.09. The molecule has 2 aromatic heterocycles. The van der Waals surface area contributed by atoms with Gasteiger partial charge in [-0.25, -0.2) is 19.9 Å². The molecule has 0 aromatic carbocycles. The van der Waals surface area contributed by atoms with E-state index in [9.17, 15) is 9.59 Å². The molecule has 0 fully saturated rings. The number of nitrogens with zero attached hydrogens (tertiary/aromatic N) is 4. The number of rotatable bonds is 2. The van der Waals surface area contributed by atoms with Gasteiger partial charge in [-0.15, -0.1) is 0 Å². The summed E-state index contributed by atoms with van der Waals surface area (Å²) >= 11 is 0. The Morgan fingerprint density at radius 2 is 1.22 bits per heavy atom. The third-order valence-corrected chi connectivity index (χ3v) is 2.01. The smallest absolute Gasteiger partial charge is 0.222 e. The first-order valence-corrected chi connectivity index (χ1v) is 5.09. The molecule has 0 aliphatic carbocycles. The Morgan fingerprint density at radius 3 is 1.56 bits per heavy atom. The van der Waals surface area contributed by atoms with Crippen molar-refractivity contribution in [2.45, 2.75) is 13.8 Å². The van der Waals surface area contributed by atoms with Gasteiger partial charge in [0.15, 0.2) is 11.6 Å². The number of hydrogen-bond acceptors (Lipinski definition) is 6. The monoisotopic (exact) mass is 246 g/mol.